The lowest BCUT2D eigenvalue weighted by Gasteiger charge is -2.15. The molecule has 6 heteroatoms. The number of esters is 1. The summed E-state index contributed by atoms with van der Waals surface area (Å²) in [4.78, 5) is 27.5. The summed E-state index contributed by atoms with van der Waals surface area (Å²) in [6.45, 7) is 0. The van der Waals surface area contributed by atoms with Crippen molar-refractivity contribution in [1.82, 2.24) is 10.3 Å². The molecule has 0 radical (unpaired) electrons. The van der Waals surface area contributed by atoms with E-state index >= 15 is 0 Å². The first kappa shape index (κ1) is 18.4. The van der Waals surface area contributed by atoms with Crippen LogP contribution in [-0.4, -0.2) is 30.0 Å². The van der Waals surface area contributed by atoms with E-state index in [9.17, 15) is 14.0 Å². The zero-order valence-electron chi connectivity index (χ0n) is 14.7. The normalized spacial score (nSPS) is 12.2. The number of ether oxygens (including phenoxy) is 1. The molecule has 1 amide bonds. The van der Waals surface area contributed by atoms with Crippen LogP contribution in [0.1, 0.15) is 11.1 Å². The minimum absolute atomic E-state index is 0.288. The van der Waals surface area contributed by atoms with Gasteiger partial charge in [-0.1, -0.05) is 30.3 Å². The molecular weight excluding hydrogens is 347 g/mol. The first-order valence-electron chi connectivity index (χ1n) is 8.44. The number of hydrogen-bond donors (Lipinski definition) is 2. The molecule has 2 aromatic carbocycles. The SMILES string of the molecule is COC(=O)C(Cc1c[nH]c2ccccc12)NC(=O)C=Cc1cccc(F)c1. The molecule has 0 aliphatic carbocycles. The number of methoxy groups -OCH3 is 1. The number of H-pyrrole nitrogens is 1. The number of benzene rings is 2. The summed E-state index contributed by atoms with van der Waals surface area (Å²) in [6.07, 6.45) is 4.85. The monoisotopic (exact) mass is 366 g/mol. The summed E-state index contributed by atoms with van der Waals surface area (Å²) in [7, 11) is 1.28. The molecule has 1 atom stereocenters. The fraction of sp³-hybridized carbons (Fsp3) is 0.143. The molecule has 3 aromatic rings. The van der Waals surface area contributed by atoms with Gasteiger partial charge in [0.05, 0.1) is 7.11 Å². The third-order valence-electron chi connectivity index (χ3n) is 4.18. The summed E-state index contributed by atoms with van der Waals surface area (Å²) >= 11 is 0. The van der Waals surface area contributed by atoms with Gasteiger partial charge in [0.15, 0.2) is 0 Å². The lowest BCUT2D eigenvalue weighted by Crippen LogP contribution is -2.42. The van der Waals surface area contributed by atoms with E-state index in [-0.39, 0.29) is 12.2 Å². The number of fused-ring (bicyclic) bond motifs is 1. The highest BCUT2D eigenvalue weighted by atomic mass is 19.1. The molecule has 1 heterocycles. The van der Waals surface area contributed by atoms with Crippen molar-refractivity contribution in [3.8, 4) is 0 Å². The number of aromatic amines is 1. The Bertz CT molecular complexity index is 994. The first-order chi connectivity index (χ1) is 13.1. The van der Waals surface area contributed by atoms with Gasteiger partial charge in [-0.25, -0.2) is 9.18 Å². The average Bonchev–Trinajstić information content (AvgIpc) is 3.08. The number of halogens is 1. The topological polar surface area (TPSA) is 71.2 Å². The van der Waals surface area contributed by atoms with Crippen LogP contribution in [-0.2, 0) is 20.7 Å². The molecule has 0 saturated carbocycles. The van der Waals surface area contributed by atoms with Crippen LogP contribution < -0.4 is 5.32 Å². The molecule has 5 nitrogen and oxygen atoms in total. The third-order valence-corrected chi connectivity index (χ3v) is 4.18. The Morgan fingerprint density at radius 2 is 2.04 bits per heavy atom. The summed E-state index contributed by atoms with van der Waals surface area (Å²) in [5, 5.41) is 3.63. The Kier molecular flexibility index (Phi) is 5.66. The molecule has 0 bridgehead atoms. The Hall–Kier alpha value is -3.41. The summed E-state index contributed by atoms with van der Waals surface area (Å²) in [5.41, 5.74) is 2.40. The maximum absolute atomic E-state index is 13.2. The van der Waals surface area contributed by atoms with Crippen LogP contribution >= 0.6 is 0 Å². The van der Waals surface area contributed by atoms with E-state index in [1.165, 1.54) is 31.4 Å². The van der Waals surface area contributed by atoms with Gasteiger partial charge in [0, 0.05) is 29.6 Å². The predicted molar refractivity (Wildman–Crippen MR) is 101 cm³/mol. The highest BCUT2D eigenvalue weighted by molar-refractivity contribution is 5.95. The Labute approximate surface area is 155 Å². The lowest BCUT2D eigenvalue weighted by atomic mass is 10.0. The predicted octanol–water partition coefficient (Wildman–Crippen LogP) is 3.22. The molecular formula is C21H19FN2O3. The molecule has 138 valence electrons. The van der Waals surface area contributed by atoms with Gasteiger partial charge in [0.1, 0.15) is 11.9 Å². The number of hydrogen-bond acceptors (Lipinski definition) is 3. The zero-order chi connectivity index (χ0) is 19.2. The molecule has 0 spiro atoms. The second-order valence-electron chi connectivity index (χ2n) is 6.04. The van der Waals surface area contributed by atoms with Crippen LogP contribution in [0.5, 0.6) is 0 Å². The smallest absolute Gasteiger partial charge is 0.328 e. The first-order valence-corrected chi connectivity index (χ1v) is 8.44. The summed E-state index contributed by atoms with van der Waals surface area (Å²) in [6, 6.07) is 12.7. The quantitative estimate of drug-likeness (QED) is 0.520. The van der Waals surface area contributed by atoms with E-state index in [1.54, 1.807) is 12.1 Å². The van der Waals surface area contributed by atoms with Gasteiger partial charge in [-0.3, -0.25) is 4.79 Å². The number of rotatable bonds is 6. The van der Waals surface area contributed by atoms with E-state index < -0.39 is 17.9 Å². The number of carbonyl (C=O) groups excluding carboxylic acids is 2. The molecule has 2 N–H and O–H groups in total. The highest BCUT2D eigenvalue weighted by Crippen LogP contribution is 2.19. The molecule has 1 unspecified atom stereocenters. The number of nitrogens with one attached hydrogen (secondary N) is 2. The zero-order valence-corrected chi connectivity index (χ0v) is 14.7. The van der Waals surface area contributed by atoms with E-state index in [0.29, 0.717) is 5.56 Å². The van der Waals surface area contributed by atoms with Crippen LogP contribution in [0.2, 0.25) is 0 Å². The van der Waals surface area contributed by atoms with Crippen LogP contribution in [0.15, 0.2) is 60.8 Å². The fourth-order valence-corrected chi connectivity index (χ4v) is 2.86. The summed E-state index contributed by atoms with van der Waals surface area (Å²) in [5.74, 6) is -1.38. The van der Waals surface area contributed by atoms with Gasteiger partial charge < -0.3 is 15.0 Å². The van der Waals surface area contributed by atoms with Crippen molar-refractivity contribution >= 4 is 28.9 Å². The van der Waals surface area contributed by atoms with Gasteiger partial charge in [-0.2, -0.15) is 0 Å². The van der Waals surface area contributed by atoms with E-state index in [2.05, 4.69) is 10.3 Å². The van der Waals surface area contributed by atoms with Crippen LogP contribution in [0.3, 0.4) is 0 Å². The average molecular weight is 366 g/mol. The molecule has 0 fully saturated rings. The van der Waals surface area contributed by atoms with Crippen LogP contribution in [0.25, 0.3) is 17.0 Å². The molecule has 0 aliphatic heterocycles. The third kappa shape index (κ3) is 4.61. The Morgan fingerprint density at radius 3 is 2.81 bits per heavy atom. The van der Waals surface area contributed by atoms with Crippen molar-refractivity contribution < 1.29 is 18.7 Å². The largest absolute Gasteiger partial charge is 0.467 e. The van der Waals surface area contributed by atoms with Crippen molar-refractivity contribution in [2.45, 2.75) is 12.5 Å². The maximum Gasteiger partial charge on any atom is 0.328 e. The summed E-state index contributed by atoms with van der Waals surface area (Å²) < 4.78 is 18.0. The van der Waals surface area contributed by atoms with E-state index in [4.69, 9.17) is 4.74 Å². The van der Waals surface area contributed by atoms with Gasteiger partial charge in [-0.05, 0) is 35.4 Å². The maximum atomic E-state index is 13.2. The van der Waals surface area contributed by atoms with Crippen molar-refractivity contribution in [3.63, 3.8) is 0 Å². The Balaban J connectivity index is 1.73. The Morgan fingerprint density at radius 1 is 1.22 bits per heavy atom. The highest BCUT2D eigenvalue weighted by Gasteiger charge is 2.22. The van der Waals surface area contributed by atoms with Crippen molar-refractivity contribution in [1.29, 1.82) is 0 Å². The van der Waals surface area contributed by atoms with Crippen molar-refractivity contribution in [2.75, 3.05) is 7.11 Å². The number of amides is 1. The van der Waals surface area contributed by atoms with Gasteiger partial charge in [0.25, 0.3) is 0 Å². The molecule has 3 rings (SSSR count). The molecule has 27 heavy (non-hydrogen) atoms. The molecule has 0 saturated heterocycles. The number of aromatic nitrogens is 1. The minimum atomic E-state index is -0.834. The van der Waals surface area contributed by atoms with Gasteiger partial charge in [-0.15, -0.1) is 0 Å². The standard InChI is InChI=1S/C21H19FN2O3/c1-27-21(26)19(12-15-13-23-18-8-3-2-7-17(15)18)24-20(25)10-9-14-5-4-6-16(22)11-14/h2-11,13,19,23H,12H2,1H3,(H,24,25). The van der Waals surface area contributed by atoms with E-state index in [0.717, 1.165) is 16.5 Å². The van der Waals surface area contributed by atoms with Crippen molar-refractivity contribution in [2.24, 2.45) is 0 Å². The fourth-order valence-electron chi connectivity index (χ4n) is 2.86. The second kappa shape index (κ2) is 8.31. The van der Waals surface area contributed by atoms with Crippen LogP contribution in [0.4, 0.5) is 4.39 Å². The van der Waals surface area contributed by atoms with E-state index in [1.807, 2.05) is 30.5 Å². The molecule has 1 aromatic heterocycles. The van der Waals surface area contributed by atoms with Crippen LogP contribution in [0, 0.1) is 5.82 Å². The van der Waals surface area contributed by atoms with Gasteiger partial charge in [0.2, 0.25) is 5.91 Å². The minimum Gasteiger partial charge on any atom is -0.467 e. The molecule has 0 aliphatic rings. The number of carbonyl (C=O) groups is 2. The second-order valence-corrected chi connectivity index (χ2v) is 6.04. The van der Waals surface area contributed by atoms with Crippen molar-refractivity contribution in [3.05, 3.63) is 77.7 Å². The lowest BCUT2D eigenvalue weighted by molar-refractivity contribution is -0.144. The number of para-hydroxylation sites is 1. The van der Waals surface area contributed by atoms with Gasteiger partial charge >= 0.3 is 5.97 Å².